The Kier molecular flexibility index (Phi) is 8.21. The summed E-state index contributed by atoms with van der Waals surface area (Å²) in [7, 11) is 2.06. The Bertz CT molecular complexity index is 1950. The highest BCUT2D eigenvalue weighted by Crippen LogP contribution is 2.37. The molecule has 5 nitrogen and oxygen atoms in total. The van der Waals surface area contributed by atoms with Gasteiger partial charge in [-0.2, -0.15) is 0 Å². The third kappa shape index (κ3) is 7.03. The van der Waals surface area contributed by atoms with Gasteiger partial charge in [-0.25, -0.2) is 0 Å². The summed E-state index contributed by atoms with van der Waals surface area (Å²) < 4.78 is 12.6. The number of para-hydroxylation sites is 1. The standard InChI is InChI=1S/C39H31N3O2S/c1-41-20-21-42(28-41)32-11-9-15-35(26-32)44-36-23-31(24-38(27-36)45-37-16-6-3-7-17-37)39-25-30(18-19-40-39)29-10-8-14-34(22-29)43-33-12-4-2-5-13-33/h2-27H,28H2,1H3. The van der Waals surface area contributed by atoms with Gasteiger partial charge in [0, 0.05) is 52.8 Å². The van der Waals surface area contributed by atoms with Crippen LogP contribution in [0.4, 0.5) is 5.69 Å². The van der Waals surface area contributed by atoms with Crippen LogP contribution in [0.5, 0.6) is 23.0 Å². The van der Waals surface area contributed by atoms with E-state index in [0.29, 0.717) is 0 Å². The molecule has 2 heterocycles. The first-order valence-electron chi connectivity index (χ1n) is 14.8. The molecule has 6 heteroatoms. The van der Waals surface area contributed by atoms with Crippen molar-refractivity contribution in [1.82, 2.24) is 9.88 Å². The lowest BCUT2D eigenvalue weighted by Crippen LogP contribution is -2.21. The zero-order valence-electron chi connectivity index (χ0n) is 24.8. The van der Waals surface area contributed by atoms with Gasteiger partial charge in [0.1, 0.15) is 23.0 Å². The highest BCUT2D eigenvalue weighted by Gasteiger charge is 2.13. The van der Waals surface area contributed by atoms with E-state index in [4.69, 9.17) is 14.5 Å². The summed E-state index contributed by atoms with van der Waals surface area (Å²) in [5.74, 6) is 3.12. The molecular formula is C39H31N3O2S. The van der Waals surface area contributed by atoms with Gasteiger partial charge < -0.3 is 19.3 Å². The van der Waals surface area contributed by atoms with Crippen LogP contribution < -0.4 is 14.4 Å². The van der Waals surface area contributed by atoms with E-state index in [-0.39, 0.29) is 0 Å². The number of ether oxygens (including phenoxy) is 2. The number of rotatable bonds is 9. The Morgan fingerprint density at radius 2 is 1.24 bits per heavy atom. The molecule has 0 atom stereocenters. The van der Waals surface area contributed by atoms with E-state index in [0.717, 1.165) is 67.5 Å². The monoisotopic (exact) mass is 605 g/mol. The smallest absolute Gasteiger partial charge is 0.129 e. The van der Waals surface area contributed by atoms with Gasteiger partial charge in [-0.15, -0.1) is 0 Å². The molecule has 1 aliphatic heterocycles. The summed E-state index contributed by atoms with van der Waals surface area (Å²) in [5.41, 5.74) is 5.03. The number of hydrogen-bond acceptors (Lipinski definition) is 6. The fourth-order valence-corrected chi connectivity index (χ4v) is 6.08. The Balaban J connectivity index is 1.21. The maximum atomic E-state index is 6.51. The van der Waals surface area contributed by atoms with Gasteiger partial charge in [-0.1, -0.05) is 66.4 Å². The quantitative estimate of drug-likeness (QED) is 0.163. The topological polar surface area (TPSA) is 37.8 Å². The molecule has 7 rings (SSSR count). The van der Waals surface area contributed by atoms with Crippen LogP contribution >= 0.6 is 11.8 Å². The Labute approximate surface area is 268 Å². The number of aromatic nitrogens is 1. The lowest BCUT2D eigenvalue weighted by atomic mass is 10.0. The molecule has 0 amide bonds. The van der Waals surface area contributed by atoms with Crippen molar-refractivity contribution in [3.8, 4) is 45.4 Å². The summed E-state index contributed by atoms with van der Waals surface area (Å²) in [5, 5.41) is 0. The minimum absolute atomic E-state index is 0.752. The van der Waals surface area contributed by atoms with Gasteiger partial charge in [-0.05, 0) is 90.0 Å². The number of nitrogens with zero attached hydrogens (tertiary/aromatic N) is 3. The minimum atomic E-state index is 0.752. The van der Waals surface area contributed by atoms with Crippen LogP contribution in [0.25, 0.3) is 22.4 Å². The predicted octanol–water partition coefficient (Wildman–Crippen LogP) is 10.3. The molecule has 0 spiro atoms. The average molecular weight is 606 g/mol. The van der Waals surface area contributed by atoms with Crippen molar-refractivity contribution in [2.24, 2.45) is 0 Å². The Morgan fingerprint density at radius 1 is 0.556 bits per heavy atom. The summed E-state index contributed by atoms with van der Waals surface area (Å²) in [4.78, 5) is 11.3. The van der Waals surface area contributed by atoms with Gasteiger partial charge in [0.2, 0.25) is 0 Å². The second kappa shape index (κ2) is 13.0. The summed E-state index contributed by atoms with van der Waals surface area (Å²) in [6, 6.07) is 47.0. The van der Waals surface area contributed by atoms with Crippen molar-refractivity contribution < 1.29 is 9.47 Å². The molecule has 45 heavy (non-hydrogen) atoms. The first-order valence-corrected chi connectivity index (χ1v) is 15.6. The molecule has 0 fully saturated rings. The van der Waals surface area contributed by atoms with E-state index in [1.807, 2.05) is 72.9 Å². The van der Waals surface area contributed by atoms with Crippen LogP contribution in [0, 0.1) is 0 Å². The number of hydrogen-bond donors (Lipinski definition) is 0. The molecule has 1 aromatic heterocycles. The molecule has 0 saturated heterocycles. The molecule has 5 aromatic carbocycles. The molecule has 0 aliphatic carbocycles. The van der Waals surface area contributed by atoms with Crippen LogP contribution in [-0.2, 0) is 0 Å². The van der Waals surface area contributed by atoms with Gasteiger partial charge in [0.15, 0.2) is 0 Å². The molecule has 0 N–H and O–H groups in total. The van der Waals surface area contributed by atoms with E-state index in [1.165, 1.54) is 0 Å². The normalized spacial score (nSPS) is 12.4. The molecule has 0 bridgehead atoms. The second-order valence-corrected chi connectivity index (χ2v) is 11.9. The zero-order chi connectivity index (χ0) is 30.4. The van der Waals surface area contributed by atoms with Gasteiger partial charge in [0.25, 0.3) is 0 Å². The van der Waals surface area contributed by atoms with Gasteiger partial charge >= 0.3 is 0 Å². The number of benzene rings is 5. The highest BCUT2D eigenvalue weighted by atomic mass is 32.2. The Morgan fingerprint density at radius 3 is 2.04 bits per heavy atom. The molecule has 0 saturated carbocycles. The van der Waals surface area contributed by atoms with Crippen LogP contribution in [-0.4, -0.2) is 23.6 Å². The summed E-state index contributed by atoms with van der Waals surface area (Å²) in [6.45, 7) is 0.806. The average Bonchev–Trinajstić information content (AvgIpc) is 3.52. The van der Waals surface area contributed by atoms with Crippen LogP contribution in [0.15, 0.2) is 168 Å². The predicted molar refractivity (Wildman–Crippen MR) is 183 cm³/mol. The first-order chi connectivity index (χ1) is 22.1. The molecule has 1 aliphatic rings. The van der Waals surface area contributed by atoms with E-state index in [1.54, 1.807) is 11.8 Å². The SMILES string of the molecule is CN1C=CN(c2cccc(Oc3cc(Sc4ccccc4)cc(-c4cc(-c5cccc(Oc6ccccc6)c5)ccn4)c3)c2)C1. The number of pyridine rings is 1. The lowest BCUT2D eigenvalue weighted by Gasteiger charge is -2.19. The maximum Gasteiger partial charge on any atom is 0.129 e. The van der Waals surface area contributed by atoms with Crippen LogP contribution in [0.2, 0.25) is 0 Å². The van der Waals surface area contributed by atoms with Crippen LogP contribution in [0.3, 0.4) is 0 Å². The molecule has 220 valence electrons. The lowest BCUT2D eigenvalue weighted by molar-refractivity contribution is 0.479. The van der Waals surface area contributed by atoms with E-state index < -0.39 is 0 Å². The largest absolute Gasteiger partial charge is 0.457 e. The van der Waals surface area contributed by atoms with Crippen LogP contribution in [0.1, 0.15) is 0 Å². The highest BCUT2D eigenvalue weighted by molar-refractivity contribution is 7.99. The van der Waals surface area contributed by atoms with Gasteiger partial charge in [0.05, 0.1) is 12.4 Å². The third-order valence-corrected chi connectivity index (χ3v) is 8.30. The fourth-order valence-electron chi connectivity index (χ4n) is 5.15. The molecular weight excluding hydrogens is 575 g/mol. The summed E-state index contributed by atoms with van der Waals surface area (Å²) >= 11 is 1.70. The van der Waals surface area contributed by atoms with E-state index in [9.17, 15) is 0 Å². The van der Waals surface area contributed by atoms with Crippen molar-refractivity contribution in [2.75, 3.05) is 18.6 Å². The molecule has 0 radical (unpaired) electrons. The number of anilines is 1. The summed E-state index contributed by atoms with van der Waals surface area (Å²) in [6.07, 6.45) is 6.01. The van der Waals surface area contributed by atoms with Crippen molar-refractivity contribution in [1.29, 1.82) is 0 Å². The maximum absolute atomic E-state index is 6.51. The van der Waals surface area contributed by atoms with Crippen molar-refractivity contribution >= 4 is 17.4 Å². The third-order valence-electron chi connectivity index (χ3n) is 7.32. The van der Waals surface area contributed by atoms with E-state index >= 15 is 0 Å². The molecule has 0 unspecified atom stereocenters. The van der Waals surface area contributed by atoms with E-state index in [2.05, 4.69) is 102 Å². The first kappa shape index (κ1) is 28.3. The minimum Gasteiger partial charge on any atom is -0.457 e. The zero-order valence-corrected chi connectivity index (χ0v) is 25.6. The van der Waals surface area contributed by atoms with Gasteiger partial charge in [-0.3, -0.25) is 4.98 Å². The van der Waals surface area contributed by atoms with Crippen molar-refractivity contribution in [2.45, 2.75) is 9.79 Å². The van der Waals surface area contributed by atoms with Crippen molar-refractivity contribution in [3.63, 3.8) is 0 Å². The van der Waals surface area contributed by atoms with Crippen molar-refractivity contribution in [3.05, 3.63) is 158 Å². The fraction of sp³-hybridized carbons (Fsp3) is 0.0513. The molecule has 6 aromatic rings. The second-order valence-electron chi connectivity index (χ2n) is 10.7. The Hall–Kier alpha value is -5.46.